The molecule has 1 heterocycles. The Morgan fingerprint density at radius 2 is 1.94 bits per heavy atom. The number of nitrogens with one attached hydrogen (secondary N) is 1. The van der Waals surface area contributed by atoms with Gasteiger partial charge in [-0.1, -0.05) is 13.8 Å². The van der Waals surface area contributed by atoms with Crippen molar-refractivity contribution < 1.29 is 4.74 Å². The standard InChI is InChI=1S/C11H21N3OS/c1-8(2)12-7-11-14-13-10(16-11)6-5-9(3)15-4/h8-9,12H,5-7H2,1-4H3. The highest BCUT2D eigenvalue weighted by molar-refractivity contribution is 7.11. The lowest BCUT2D eigenvalue weighted by Gasteiger charge is -2.06. The maximum Gasteiger partial charge on any atom is 0.131 e. The monoisotopic (exact) mass is 243 g/mol. The lowest BCUT2D eigenvalue weighted by Crippen LogP contribution is -2.21. The van der Waals surface area contributed by atoms with Gasteiger partial charge in [0.05, 0.1) is 6.10 Å². The summed E-state index contributed by atoms with van der Waals surface area (Å²) in [6.45, 7) is 7.14. The van der Waals surface area contributed by atoms with Gasteiger partial charge < -0.3 is 10.1 Å². The molecule has 0 aliphatic rings. The normalized spacial score (nSPS) is 13.3. The zero-order valence-corrected chi connectivity index (χ0v) is 11.3. The average molecular weight is 243 g/mol. The topological polar surface area (TPSA) is 47.0 Å². The van der Waals surface area contributed by atoms with Crippen molar-refractivity contribution in [2.24, 2.45) is 0 Å². The van der Waals surface area contributed by atoms with Gasteiger partial charge in [0.2, 0.25) is 0 Å². The molecular weight excluding hydrogens is 222 g/mol. The third-order valence-corrected chi connectivity index (χ3v) is 3.32. The van der Waals surface area contributed by atoms with Gasteiger partial charge in [0.15, 0.2) is 0 Å². The minimum absolute atomic E-state index is 0.293. The van der Waals surface area contributed by atoms with E-state index in [1.807, 2.05) is 0 Å². The van der Waals surface area contributed by atoms with Crippen molar-refractivity contribution in [3.05, 3.63) is 10.0 Å². The third kappa shape index (κ3) is 5.01. The fourth-order valence-corrected chi connectivity index (χ4v) is 2.01. The Morgan fingerprint density at radius 1 is 1.25 bits per heavy atom. The number of rotatable bonds is 7. The SMILES string of the molecule is COC(C)CCc1nnc(CNC(C)C)s1. The quantitative estimate of drug-likeness (QED) is 0.795. The molecule has 16 heavy (non-hydrogen) atoms. The van der Waals surface area contributed by atoms with Crippen molar-refractivity contribution in [3.8, 4) is 0 Å². The van der Waals surface area contributed by atoms with E-state index in [4.69, 9.17) is 4.74 Å². The van der Waals surface area contributed by atoms with Gasteiger partial charge in [0, 0.05) is 26.1 Å². The molecule has 0 aromatic carbocycles. The Labute approximate surface area is 101 Å². The van der Waals surface area contributed by atoms with E-state index in [2.05, 4.69) is 36.3 Å². The summed E-state index contributed by atoms with van der Waals surface area (Å²) in [7, 11) is 1.74. The molecule has 0 saturated carbocycles. The van der Waals surface area contributed by atoms with Crippen LogP contribution in [0.25, 0.3) is 0 Å². The molecule has 4 nitrogen and oxygen atoms in total. The first-order valence-electron chi connectivity index (χ1n) is 5.69. The van der Waals surface area contributed by atoms with Crippen LogP contribution in [-0.4, -0.2) is 29.5 Å². The van der Waals surface area contributed by atoms with Gasteiger partial charge in [-0.05, 0) is 13.3 Å². The van der Waals surface area contributed by atoms with Crippen molar-refractivity contribution >= 4 is 11.3 Å². The molecule has 0 spiro atoms. The molecule has 0 aliphatic carbocycles. The summed E-state index contributed by atoms with van der Waals surface area (Å²) in [4.78, 5) is 0. The first-order valence-corrected chi connectivity index (χ1v) is 6.51. The van der Waals surface area contributed by atoms with E-state index < -0.39 is 0 Å². The minimum atomic E-state index is 0.293. The van der Waals surface area contributed by atoms with E-state index in [0.717, 1.165) is 29.4 Å². The maximum absolute atomic E-state index is 5.20. The Morgan fingerprint density at radius 3 is 2.56 bits per heavy atom. The van der Waals surface area contributed by atoms with Crippen molar-refractivity contribution in [2.75, 3.05) is 7.11 Å². The second-order valence-electron chi connectivity index (χ2n) is 4.21. The lowest BCUT2D eigenvalue weighted by atomic mass is 10.2. The van der Waals surface area contributed by atoms with E-state index in [0.29, 0.717) is 12.1 Å². The van der Waals surface area contributed by atoms with Crippen molar-refractivity contribution in [1.82, 2.24) is 15.5 Å². The molecule has 1 N–H and O–H groups in total. The molecule has 92 valence electrons. The van der Waals surface area contributed by atoms with Crippen LogP contribution in [0, 0.1) is 0 Å². The number of hydrogen-bond acceptors (Lipinski definition) is 5. The summed E-state index contributed by atoms with van der Waals surface area (Å²) in [5.41, 5.74) is 0. The average Bonchev–Trinajstić information content (AvgIpc) is 2.71. The van der Waals surface area contributed by atoms with Gasteiger partial charge in [0.25, 0.3) is 0 Å². The fraction of sp³-hybridized carbons (Fsp3) is 0.818. The summed E-state index contributed by atoms with van der Waals surface area (Å²) in [6, 6.07) is 0.487. The van der Waals surface area contributed by atoms with Crippen molar-refractivity contribution in [1.29, 1.82) is 0 Å². The van der Waals surface area contributed by atoms with Crippen LogP contribution in [0.1, 0.15) is 37.2 Å². The van der Waals surface area contributed by atoms with Gasteiger partial charge in [-0.15, -0.1) is 21.5 Å². The third-order valence-electron chi connectivity index (χ3n) is 2.34. The van der Waals surface area contributed by atoms with Crippen LogP contribution in [0.4, 0.5) is 0 Å². The summed E-state index contributed by atoms with van der Waals surface area (Å²) in [5.74, 6) is 0. The highest BCUT2D eigenvalue weighted by Gasteiger charge is 2.06. The van der Waals surface area contributed by atoms with Gasteiger partial charge in [-0.3, -0.25) is 0 Å². The molecule has 1 aromatic heterocycles. The van der Waals surface area contributed by atoms with Crippen LogP contribution in [0.15, 0.2) is 0 Å². The summed E-state index contributed by atoms with van der Waals surface area (Å²) in [6.07, 6.45) is 2.25. The van der Waals surface area contributed by atoms with Crippen molar-refractivity contribution in [3.63, 3.8) is 0 Å². The molecule has 0 saturated heterocycles. The number of ether oxygens (including phenoxy) is 1. The predicted molar refractivity (Wildman–Crippen MR) is 66.7 cm³/mol. The highest BCUT2D eigenvalue weighted by atomic mass is 32.1. The number of aromatic nitrogens is 2. The van der Waals surface area contributed by atoms with Crippen LogP contribution < -0.4 is 5.32 Å². The van der Waals surface area contributed by atoms with Crippen LogP contribution in [0.3, 0.4) is 0 Å². The van der Waals surface area contributed by atoms with E-state index in [1.165, 1.54) is 0 Å². The Balaban J connectivity index is 2.33. The van der Waals surface area contributed by atoms with E-state index in [9.17, 15) is 0 Å². The largest absolute Gasteiger partial charge is 0.382 e. The minimum Gasteiger partial charge on any atom is -0.382 e. The highest BCUT2D eigenvalue weighted by Crippen LogP contribution is 2.13. The molecule has 0 aliphatic heterocycles. The van der Waals surface area contributed by atoms with Gasteiger partial charge in [-0.25, -0.2) is 0 Å². The molecule has 0 bridgehead atoms. The molecule has 1 atom stereocenters. The predicted octanol–water partition coefficient (Wildman–Crippen LogP) is 2.00. The van der Waals surface area contributed by atoms with Gasteiger partial charge in [0.1, 0.15) is 10.0 Å². The number of hydrogen-bond donors (Lipinski definition) is 1. The van der Waals surface area contributed by atoms with Crippen LogP contribution in [0.2, 0.25) is 0 Å². The van der Waals surface area contributed by atoms with Crippen LogP contribution >= 0.6 is 11.3 Å². The number of nitrogens with zero attached hydrogens (tertiary/aromatic N) is 2. The first kappa shape index (κ1) is 13.5. The van der Waals surface area contributed by atoms with Crippen LogP contribution in [-0.2, 0) is 17.7 Å². The zero-order chi connectivity index (χ0) is 12.0. The lowest BCUT2D eigenvalue weighted by molar-refractivity contribution is 0.111. The van der Waals surface area contributed by atoms with Crippen LogP contribution in [0.5, 0.6) is 0 Å². The Bertz CT molecular complexity index is 301. The van der Waals surface area contributed by atoms with Gasteiger partial charge in [-0.2, -0.15) is 0 Å². The van der Waals surface area contributed by atoms with Gasteiger partial charge >= 0.3 is 0 Å². The number of aryl methyl sites for hydroxylation is 1. The Hall–Kier alpha value is -0.520. The molecule has 0 amide bonds. The maximum atomic E-state index is 5.20. The summed E-state index contributed by atoms with van der Waals surface area (Å²) < 4.78 is 5.20. The molecule has 5 heteroatoms. The number of methoxy groups -OCH3 is 1. The molecule has 0 radical (unpaired) electrons. The molecule has 1 unspecified atom stereocenters. The smallest absolute Gasteiger partial charge is 0.131 e. The molecule has 0 fully saturated rings. The molecule has 1 rings (SSSR count). The molecular formula is C11H21N3OS. The van der Waals surface area contributed by atoms with E-state index >= 15 is 0 Å². The zero-order valence-electron chi connectivity index (χ0n) is 10.5. The van der Waals surface area contributed by atoms with Crippen molar-refractivity contribution in [2.45, 2.75) is 52.3 Å². The fourth-order valence-electron chi connectivity index (χ4n) is 1.20. The summed E-state index contributed by atoms with van der Waals surface area (Å²) >= 11 is 1.69. The summed E-state index contributed by atoms with van der Waals surface area (Å²) in [5, 5.41) is 13.8. The van der Waals surface area contributed by atoms with E-state index in [1.54, 1.807) is 18.4 Å². The van der Waals surface area contributed by atoms with E-state index in [-0.39, 0.29) is 0 Å². The second-order valence-corrected chi connectivity index (χ2v) is 5.36. The second kappa shape index (κ2) is 6.93. The molecule has 1 aromatic rings. The Kier molecular flexibility index (Phi) is 5.87. The first-order chi connectivity index (χ1) is 7.61.